The molecule has 2 amide bonds. The van der Waals surface area contributed by atoms with E-state index in [4.69, 9.17) is 0 Å². The lowest BCUT2D eigenvalue weighted by Gasteiger charge is -2.07. The van der Waals surface area contributed by atoms with Gasteiger partial charge in [0.15, 0.2) is 0 Å². The van der Waals surface area contributed by atoms with Gasteiger partial charge < -0.3 is 10.6 Å². The number of nitrogens with one attached hydrogen (secondary N) is 2. The third-order valence-corrected chi connectivity index (χ3v) is 3.95. The zero-order valence-electron chi connectivity index (χ0n) is 12.6. The quantitative estimate of drug-likeness (QED) is 0.891. The lowest BCUT2D eigenvalue weighted by molar-refractivity contribution is 0.251. The summed E-state index contributed by atoms with van der Waals surface area (Å²) in [6.07, 6.45) is 5.19. The Labute approximate surface area is 130 Å². The molecule has 1 heterocycles. The van der Waals surface area contributed by atoms with E-state index in [0.717, 1.165) is 18.7 Å². The van der Waals surface area contributed by atoms with Gasteiger partial charge >= 0.3 is 6.03 Å². The molecule has 0 unspecified atom stereocenters. The van der Waals surface area contributed by atoms with Crippen molar-refractivity contribution in [3.8, 4) is 0 Å². The van der Waals surface area contributed by atoms with E-state index < -0.39 is 0 Å². The number of hydrogen-bond acceptors (Lipinski definition) is 3. The third kappa shape index (κ3) is 3.61. The van der Waals surface area contributed by atoms with Gasteiger partial charge in [-0.15, -0.1) is 0 Å². The number of carbonyl (C=O) groups excluding carboxylic acids is 1. The summed E-state index contributed by atoms with van der Waals surface area (Å²) >= 11 is 0. The summed E-state index contributed by atoms with van der Waals surface area (Å²) in [5.41, 5.74) is 1.98. The number of anilines is 1. The molecule has 2 aromatic rings. The van der Waals surface area contributed by atoms with Gasteiger partial charge in [-0.2, -0.15) is 0 Å². The van der Waals surface area contributed by atoms with Crippen molar-refractivity contribution in [2.45, 2.75) is 25.7 Å². The normalized spacial score (nSPS) is 19.5. The molecule has 1 aliphatic rings. The largest absolute Gasteiger partial charge is 0.338 e. The summed E-state index contributed by atoms with van der Waals surface area (Å²) in [5.74, 6) is 1.88. The Hall–Kier alpha value is -2.43. The zero-order chi connectivity index (χ0) is 15.4. The SMILES string of the molecule is CCc1ncc(NC(=O)NC[C@@H]2C[C@H]2c2ccccc2)cn1. The van der Waals surface area contributed by atoms with E-state index in [1.54, 1.807) is 12.4 Å². The maximum Gasteiger partial charge on any atom is 0.319 e. The van der Waals surface area contributed by atoms with Gasteiger partial charge in [0.2, 0.25) is 0 Å². The minimum atomic E-state index is -0.202. The van der Waals surface area contributed by atoms with Gasteiger partial charge in [-0.05, 0) is 23.8 Å². The summed E-state index contributed by atoms with van der Waals surface area (Å²) < 4.78 is 0. The van der Waals surface area contributed by atoms with Crippen LogP contribution in [0.1, 0.15) is 30.7 Å². The average molecular weight is 296 g/mol. The predicted octanol–water partition coefficient (Wildman–Crippen LogP) is 2.96. The molecule has 1 aliphatic carbocycles. The van der Waals surface area contributed by atoms with Crippen LogP contribution < -0.4 is 10.6 Å². The van der Waals surface area contributed by atoms with Crippen molar-refractivity contribution in [3.63, 3.8) is 0 Å². The Morgan fingerprint density at radius 3 is 2.64 bits per heavy atom. The highest BCUT2D eigenvalue weighted by Gasteiger charge is 2.37. The molecule has 5 heteroatoms. The molecule has 1 saturated carbocycles. The van der Waals surface area contributed by atoms with Crippen LogP contribution in [0.3, 0.4) is 0 Å². The number of rotatable bonds is 5. The fourth-order valence-electron chi connectivity index (χ4n) is 2.58. The molecule has 1 aromatic carbocycles. The first-order valence-electron chi connectivity index (χ1n) is 7.67. The summed E-state index contributed by atoms with van der Waals surface area (Å²) in [5, 5.41) is 5.67. The molecule has 2 atom stereocenters. The Morgan fingerprint density at radius 1 is 1.23 bits per heavy atom. The van der Waals surface area contributed by atoms with Gasteiger partial charge in [0.25, 0.3) is 0 Å². The number of amides is 2. The number of aromatic nitrogens is 2. The Balaban J connectivity index is 1.43. The molecule has 1 fully saturated rings. The molecule has 2 N–H and O–H groups in total. The van der Waals surface area contributed by atoms with Crippen LogP contribution in [0.2, 0.25) is 0 Å². The van der Waals surface area contributed by atoms with Crippen LogP contribution in [-0.4, -0.2) is 22.5 Å². The Morgan fingerprint density at radius 2 is 1.95 bits per heavy atom. The van der Waals surface area contributed by atoms with Crippen LogP contribution >= 0.6 is 0 Å². The number of benzene rings is 1. The van der Waals surface area contributed by atoms with E-state index in [-0.39, 0.29) is 6.03 Å². The van der Waals surface area contributed by atoms with Crippen molar-refractivity contribution >= 4 is 11.7 Å². The number of carbonyl (C=O) groups is 1. The number of urea groups is 1. The van der Waals surface area contributed by atoms with E-state index in [1.165, 1.54) is 5.56 Å². The predicted molar refractivity (Wildman–Crippen MR) is 85.7 cm³/mol. The summed E-state index contributed by atoms with van der Waals surface area (Å²) in [6, 6.07) is 10.2. The van der Waals surface area contributed by atoms with E-state index in [9.17, 15) is 4.79 Å². The Bertz CT molecular complexity index is 627. The zero-order valence-corrected chi connectivity index (χ0v) is 12.6. The topological polar surface area (TPSA) is 66.9 Å². The molecular weight excluding hydrogens is 276 g/mol. The van der Waals surface area contributed by atoms with E-state index >= 15 is 0 Å². The standard InChI is InChI=1S/C17H20N4O/c1-2-16-18-10-14(11-19-16)21-17(22)20-9-13-8-15(13)12-6-4-3-5-7-12/h3-7,10-11,13,15H,2,8-9H2,1H3,(H2,20,21,22)/t13-,15-/m0/s1. The van der Waals surface area contributed by atoms with Gasteiger partial charge in [-0.1, -0.05) is 37.3 Å². The van der Waals surface area contributed by atoms with Crippen molar-refractivity contribution in [1.82, 2.24) is 15.3 Å². The van der Waals surface area contributed by atoms with Gasteiger partial charge in [0.1, 0.15) is 5.82 Å². The second-order valence-corrected chi connectivity index (χ2v) is 5.59. The summed E-state index contributed by atoms with van der Waals surface area (Å²) in [4.78, 5) is 20.2. The molecule has 0 saturated heterocycles. The van der Waals surface area contributed by atoms with Crippen molar-refractivity contribution < 1.29 is 4.79 Å². The smallest absolute Gasteiger partial charge is 0.319 e. The van der Waals surface area contributed by atoms with E-state index in [0.29, 0.717) is 24.1 Å². The highest BCUT2D eigenvalue weighted by molar-refractivity contribution is 5.88. The van der Waals surface area contributed by atoms with Crippen LogP contribution in [-0.2, 0) is 6.42 Å². The molecule has 0 radical (unpaired) electrons. The highest BCUT2D eigenvalue weighted by atomic mass is 16.2. The molecule has 1 aromatic heterocycles. The minimum absolute atomic E-state index is 0.202. The van der Waals surface area contributed by atoms with Crippen molar-refractivity contribution in [2.24, 2.45) is 5.92 Å². The Kier molecular flexibility index (Phi) is 4.32. The molecule has 0 bridgehead atoms. The summed E-state index contributed by atoms with van der Waals surface area (Å²) in [7, 11) is 0. The molecule has 3 rings (SSSR count). The molecule has 22 heavy (non-hydrogen) atoms. The van der Waals surface area contributed by atoms with E-state index in [1.807, 2.05) is 13.0 Å². The molecule has 5 nitrogen and oxygen atoms in total. The van der Waals surface area contributed by atoms with Crippen LogP contribution in [0, 0.1) is 5.92 Å². The first kappa shape index (κ1) is 14.5. The van der Waals surface area contributed by atoms with E-state index in [2.05, 4.69) is 44.9 Å². The van der Waals surface area contributed by atoms with Crippen LogP contribution in [0.5, 0.6) is 0 Å². The van der Waals surface area contributed by atoms with Crippen molar-refractivity contribution in [2.75, 3.05) is 11.9 Å². The second-order valence-electron chi connectivity index (χ2n) is 5.59. The van der Waals surface area contributed by atoms with Gasteiger partial charge in [0, 0.05) is 13.0 Å². The average Bonchev–Trinajstić information content (AvgIpc) is 3.34. The lowest BCUT2D eigenvalue weighted by atomic mass is 10.1. The number of hydrogen-bond donors (Lipinski definition) is 2. The fraction of sp³-hybridized carbons (Fsp3) is 0.353. The second kappa shape index (κ2) is 6.56. The molecule has 114 valence electrons. The maximum atomic E-state index is 11.9. The molecule has 0 spiro atoms. The summed E-state index contributed by atoms with van der Waals surface area (Å²) in [6.45, 7) is 2.69. The first-order valence-corrected chi connectivity index (χ1v) is 7.67. The number of nitrogens with zero attached hydrogens (tertiary/aromatic N) is 2. The molecular formula is C17H20N4O. The fourth-order valence-corrected chi connectivity index (χ4v) is 2.58. The van der Waals surface area contributed by atoms with Crippen molar-refractivity contribution in [1.29, 1.82) is 0 Å². The van der Waals surface area contributed by atoms with Crippen LogP contribution in [0.25, 0.3) is 0 Å². The third-order valence-electron chi connectivity index (χ3n) is 3.95. The van der Waals surface area contributed by atoms with Crippen LogP contribution in [0.15, 0.2) is 42.7 Å². The lowest BCUT2D eigenvalue weighted by Crippen LogP contribution is -2.30. The molecule has 0 aliphatic heterocycles. The van der Waals surface area contributed by atoms with Crippen molar-refractivity contribution in [3.05, 3.63) is 54.1 Å². The highest BCUT2D eigenvalue weighted by Crippen LogP contribution is 2.46. The minimum Gasteiger partial charge on any atom is -0.338 e. The van der Waals surface area contributed by atoms with Crippen LogP contribution in [0.4, 0.5) is 10.5 Å². The van der Waals surface area contributed by atoms with Gasteiger partial charge in [-0.3, -0.25) is 0 Å². The number of aryl methyl sites for hydroxylation is 1. The van der Waals surface area contributed by atoms with Gasteiger partial charge in [-0.25, -0.2) is 14.8 Å². The monoisotopic (exact) mass is 296 g/mol. The van der Waals surface area contributed by atoms with Gasteiger partial charge in [0.05, 0.1) is 18.1 Å². The first-order chi connectivity index (χ1) is 10.8. The maximum absolute atomic E-state index is 11.9.